The quantitative estimate of drug-likeness (QED) is 0.702. The van der Waals surface area contributed by atoms with Crippen LogP contribution in [0.4, 0.5) is 0 Å². The topological polar surface area (TPSA) is 55.6 Å². The van der Waals surface area contributed by atoms with Crippen molar-refractivity contribution in [2.24, 2.45) is 5.73 Å². The number of carbonyl (C=O) groups is 1. The fraction of sp³-hybridized carbons (Fsp3) is 0.909. The smallest absolute Gasteiger partial charge is 0.326 e. The second-order valence-electron chi connectivity index (χ2n) is 4.35. The van der Waals surface area contributed by atoms with E-state index in [0.29, 0.717) is 12.6 Å². The lowest BCUT2D eigenvalue weighted by molar-refractivity contribution is -0.149. The Hall–Kier alpha value is -0.610. The third-order valence-corrected chi connectivity index (χ3v) is 3.33. The summed E-state index contributed by atoms with van der Waals surface area (Å²) in [5, 5.41) is 0. The lowest BCUT2D eigenvalue weighted by Crippen LogP contribution is -2.48. The van der Waals surface area contributed by atoms with Crippen LogP contribution in [0, 0.1) is 0 Å². The van der Waals surface area contributed by atoms with Gasteiger partial charge in [0.2, 0.25) is 0 Å². The van der Waals surface area contributed by atoms with Gasteiger partial charge in [-0.3, -0.25) is 4.79 Å². The maximum Gasteiger partial charge on any atom is 0.326 e. The maximum atomic E-state index is 11.7. The summed E-state index contributed by atoms with van der Waals surface area (Å²) in [4.78, 5) is 13.9. The summed E-state index contributed by atoms with van der Waals surface area (Å²) in [6.45, 7) is 5.32. The van der Waals surface area contributed by atoms with E-state index < -0.39 is 5.54 Å². The lowest BCUT2D eigenvalue weighted by Gasteiger charge is -2.25. The average molecular weight is 214 g/mol. The second-order valence-corrected chi connectivity index (χ2v) is 4.35. The van der Waals surface area contributed by atoms with E-state index in [-0.39, 0.29) is 5.97 Å². The molecule has 1 fully saturated rings. The Morgan fingerprint density at radius 2 is 2.27 bits per heavy atom. The number of hydrogen-bond acceptors (Lipinski definition) is 4. The number of hydrogen-bond donors (Lipinski definition) is 1. The molecular formula is C11H22N2O2. The van der Waals surface area contributed by atoms with Crippen molar-refractivity contribution in [1.29, 1.82) is 0 Å². The van der Waals surface area contributed by atoms with E-state index in [9.17, 15) is 4.79 Å². The minimum absolute atomic E-state index is 0.239. The summed E-state index contributed by atoms with van der Waals surface area (Å²) in [5.74, 6) is -0.239. The van der Waals surface area contributed by atoms with Crippen LogP contribution < -0.4 is 5.73 Å². The van der Waals surface area contributed by atoms with Crippen LogP contribution in [0.5, 0.6) is 0 Å². The van der Waals surface area contributed by atoms with Crippen LogP contribution in [0.15, 0.2) is 0 Å². The zero-order valence-electron chi connectivity index (χ0n) is 9.95. The molecular weight excluding hydrogens is 192 g/mol. The SMILES string of the molecule is CCOC(=O)C1(N)CCC(N(C)CC)C1. The number of ether oxygens (including phenoxy) is 1. The normalized spacial score (nSPS) is 30.9. The van der Waals surface area contributed by atoms with Crippen LogP contribution in [0.1, 0.15) is 33.1 Å². The molecule has 0 aromatic heterocycles. The van der Waals surface area contributed by atoms with Gasteiger partial charge in [0.1, 0.15) is 5.54 Å². The molecule has 0 saturated heterocycles. The summed E-state index contributed by atoms with van der Waals surface area (Å²) in [5.41, 5.74) is 5.32. The second kappa shape index (κ2) is 4.94. The monoisotopic (exact) mass is 214 g/mol. The van der Waals surface area contributed by atoms with Crippen LogP contribution in [0.3, 0.4) is 0 Å². The Kier molecular flexibility index (Phi) is 4.11. The lowest BCUT2D eigenvalue weighted by atomic mass is 9.99. The Morgan fingerprint density at radius 1 is 1.60 bits per heavy atom. The Bertz CT molecular complexity index is 233. The number of carbonyl (C=O) groups excluding carboxylic acids is 1. The molecule has 0 bridgehead atoms. The molecule has 0 spiro atoms. The van der Waals surface area contributed by atoms with Gasteiger partial charge in [-0.25, -0.2) is 0 Å². The number of esters is 1. The zero-order chi connectivity index (χ0) is 11.5. The van der Waals surface area contributed by atoms with Crippen LogP contribution in [-0.4, -0.2) is 42.6 Å². The number of nitrogens with two attached hydrogens (primary N) is 1. The van der Waals surface area contributed by atoms with E-state index in [0.717, 1.165) is 25.8 Å². The summed E-state index contributed by atoms with van der Waals surface area (Å²) >= 11 is 0. The van der Waals surface area contributed by atoms with Gasteiger partial charge in [0, 0.05) is 6.04 Å². The minimum atomic E-state index is -0.746. The van der Waals surface area contributed by atoms with Crippen molar-refractivity contribution < 1.29 is 9.53 Å². The Morgan fingerprint density at radius 3 is 2.80 bits per heavy atom. The van der Waals surface area contributed by atoms with Gasteiger partial charge < -0.3 is 15.4 Å². The van der Waals surface area contributed by atoms with Crippen LogP contribution >= 0.6 is 0 Å². The highest BCUT2D eigenvalue weighted by atomic mass is 16.5. The van der Waals surface area contributed by atoms with Crippen molar-refractivity contribution in [2.75, 3.05) is 20.2 Å². The number of rotatable bonds is 4. The van der Waals surface area contributed by atoms with Crippen LogP contribution in [0.25, 0.3) is 0 Å². The van der Waals surface area contributed by atoms with E-state index in [1.165, 1.54) is 0 Å². The summed E-state index contributed by atoms with van der Waals surface area (Å²) in [6, 6.07) is 0.421. The first-order valence-electron chi connectivity index (χ1n) is 5.70. The molecule has 1 aliphatic carbocycles. The van der Waals surface area contributed by atoms with Gasteiger partial charge in [-0.15, -0.1) is 0 Å². The molecule has 0 heterocycles. The molecule has 1 aliphatic rings. The molecule has 4 heteroatoms. The average Bonchev–Trinajstić information content (AvgIpc) is 2.62. The molecule has 2 N–H and O–H groups in total. The number of nitrogens with zero attached hydrogens (tertiary/aromatic N) is 1. The highest BCUT2D eigenvalue weighted by Gasteiger charge is 2.44. The standard InChI is InChI=1S/C11H22N2O2/c1-4-13(3)9-6-7-11(12,8-9)10(14)15-5-2/h9H,4-8,12H2,1-3H3. The largest absolute Gasteiger partial charge is 0.465 e. The van der Waals surface area contributed by atoms with Crippen LogP contribution in [-0.2, 0) is 9.53 Å². The fourth-order valence-electron chi connectivity index (χ4n) is 2.14. The first kappa shape index (κ1) is 12.5. The van der Waals surface area contributed by atoms with Gasteiger partial charge in [-0.1, -0.05) is 6.92 Å². The van der Waals surface area contributed by atoms with Gasteiger partial charge >= 0.3 is 5.97 Å². The van der Waals surface area contributed by atoms with Crippen molar-refractivity contribution in [3.05, 3.63) is 0 Å². The molecule has 1 rings (SSSR count). The molecule has 4 nitrogen and oxygen atoms in total. The van der Waals surface area contributed by atoms with E-state index in [1.807, 2.05) is 6.92 Å². The van der Waals surface area contributed by atoms with Crippen molar-refractivity contribution >= 4 is 5.97 Å². The highest BCUT2D eigenvalue weighted by Crippen LogP contribution is 2.31. The summed E-state index contributed by atoms with van der Waals surface area (Å²) in [7, 11) is 2.07. The predicted octanol–water partition coefficient (Wildman–Crippen LogP) is 0.751. The van der Waals surface area contributed by atoms with E-state index in [1.54, 1.807) is 0 Å². The fourth-order valence-corrected chi connectivity index (χ4v) is 2.14. The molecule has 2 unspecified atom stereocenters. The Labute approximate surface area is 91.8 Å². The Balaban J connectivity index is 2.56. The van der Waals surface area contributed by atoms with E-state index in [4.69, 9.17) is 10.5 Å². The van der Waals surface area contributed by atoms with E-state index in [2.05, 4.69) is 18.9 Å². The molecule has 0 aromatic rings. The van der Waals surface area contributed by atoms with Gasteiger partial charge in [-0.05, 0) is 39.8 Å². The molecule has 88 valence electrons. The molecule has 0 aromatic carbocycles. The van der Waals surface area contributed by atoms with Crippen molar-refractivity contribution in [1.82, 2.24) is 4.90 Å². The molecule has 0 radical (unpaired) electrons. The van der Waals surface area contributed by atoms with Crippen molar-refractivity contribution in [2.45, 2.75) is 44.7 Å². The molecule has 1 saturated carbocycles. The summed E-state index contributed by atoms with van der Waals surface area (Å²) < 4.78 is 5.01. The first-order valence-corrected chi connectivity index (χ1v) is 5.70. The van der Waals surface area contributed by atoms with Gasteiger partial charge in [0.25, 0.3) is 0 Å². The van der Waals surface area contributed by atoms with Crippen molar-refractivity contribution in [3.63, 3.8) is 0 Å². The van der Waals surface area contributed by atoms with E-state index >= 15 is 0 Å². The highest BCUT2D eigenvalue weighted by molar-refractivity contribution is 5.81. The summed E-state index contributed by atoms with van der Waals surface area (Å²) in [6.07, 6.45) is 2.44. The predicted molar refractivity (Wildman–Crippen MR) is 59.5 cm³/mol. The molecule has 0 aliphatic heterocycles. The zero-order valence-corrected chi connectivity index (χ0v) is 9.95. The minimum Gasteiger partial charge on any atom is -0.465 e. The van der Waals surface area contributed by atoms with Gasteiger partial charge in [0.05, 0.1) is 6.61 Å². The third kappa shape index (κ3) is 2.69. The third-order valence-electron chi connectivity index (χ3n) is 3.33. The van der Waals surface area contributed by atoms with Crippen LogP contribution in [0.2, 0.25) is 0 Å². The first-order chi connectivity index (χ1) is 7.03. The molecule has 0 amide bonds. The molecule has 2 atom stereocenters. The molecule has 15 heavy (non-hydrogen) atoms. The van der Waals surface area contributed by atoms with Gasteiger partial charge in [0.15, 0.2) is 0 Å². The van der Waals surface area contributed by atoms with Crippen molar-refractivity contribution in [3.8, 4) is 0 Å². The maximum absolute atomic E-state index is 11.7. The van der Waals surface area contributed by atoms with Gasteiger partial charge in [-0.2, -0.15) is 0 Å².